The van der Waals surface area contributed by atoms with Crippen LogP contribution in [0.25, 0.3) is 0 Å². The first-order valence-corrected chi connectivity index (χ1v) is 4.78. The second-order valence-electron chi connectivity index (χ2n) is 3.87. The van der Waals surface area contributed by atoms with Crippen molar-refractivity contribution in [1.82, 2.24) is 4.98 Å². The molecule has 1 heterocycles. The number of hydrogen-bond acceptors (Lipinski definition) is 2. The van der Waals surface area contributed by atoms with Crippen LogP contribution < -0.4 is 5.32 Å². The molecule has 0 aliphatic rings. The van der Waals surface area contributed by atoms with Crippen LogP contribution in [0.15, 0.2) is 18.5 Å². The fourth-order valence-electron chi connectivity index (χ4n) is 1.03. The van der Waals surface area contributed by atoms with Crippen molar-refractivity contribution in [1.29, 1.82) is 0 Å². The maximum Gasteiger partial charge on any atom is 0.0558 e. The summed E-state index contributed by atoms with van der Waals surface area (Å²) in [5, 5.41) is 3.45. The number of nitrogens with one attached hydrogen (secondary N) is 1. The van der Waals surface area contributed by atoms with Crippen LogP contribution in [0.2, 0.25) is 0 Å². The zero-order valence-electron chi connectivity index (χ0n) is 8.83. The van der Waals surface area contributed by atoms with E-state index in [0.29, 0.717) is 12.0 Å². The van der Waals surface area contributed by atoms with Gasteiger partial charge in [-0.1, -0.05) is 13.8 Å². The molecule has 0 aromatic carbocycles. The number of rotatable bonds is 3. The van der Waals surface area contributed by atoms with E-state index in [-0.39, 0.29) is 0 Å². The molecule has 0 radical (unpaired) electrons. The summed E-state index contributed by atoms with van der Waals surface area (Å²) in [7, 11) is 0. The van der Waals surface area contributed by atoms with Gasteiger partial charge >= 0.3 is 0 Å². The molecule has 0 amide bonds. The molecule has 72 valence electrons. The van der Waals surface area contributed by atoms with E-state index < -0.39 is 0 Å². The van der Waals surface area contributed by atoms with E-state index in [1.54, 1.807) is 0 Å². The summed E-state index contributed by atoms with van der Waals surface area (Å²) < 4.78 is 0. The lowest BCUT2D eigenvalue weighted by Crippen LogP contribution is -2.21. The topological polar surface area (TPSA) is 24.9 Å². The number of anilines is 1. The lowest BCUT2D eigenvalue weighted by Gasteiger charge is -2.19. The SMILES string of the molecule is Cc1ccncc1NC(C)C(C)C. The van der Waals surface area contributed by atoms with Gasteiger partial charge in [0.05, 0.1) is 11.9 Å². The molecule has 1 atom stereocenters. The Balaban J connectivity index is 2.69. The fourth-order valence-corrected chi connectivity index (χ4v) is 1.03. The minimum atomic E-state index is 0.489. The zero-order valence-corrected chi connectivity index (χ0v) is 8.83. The second kappa shape index (κ2) is 4.26. The van der Waals surface area contributed by atoms with Crippen LogP contribution in [0, 0.1) is 12.8 Å². The summed E-state index contributed by atoms with van der Waals surface area (Å²) in [4.78, 5) is 4.10. The molecule has 1 N–H and O–H groups in total. The smallest absolute Gasteiger partial charge is 0.0558 e. The second-order valence-corrected chi connectivity index (χ2v) is 3.87. The van der Waals surface area contributed by atoms with E-state index in [4.69, 9.17) is 0 Å². The summed E-state index contributed by atoms with van der Waals surface area (Å²) in [6.45, 7) is 8.71. The minimum Gasteiger partial charge on any atom is -0.381 e. The molecule has 2 heteroatoms. The molecule has 1 aromatic heterocycles. The number of pyridine rings is 1. The van der Waals surface area contributed by atoms with Gasteiger partial charge in [-0.05, 0) is 31.4 Å². The van der Waals surface area contributed by atoms with Crippen molar-refractivity contribution in [3.8, 4) is 0 Å². The first kappa shape index (κ1) is 10.0. The maximum atomic E-state index is 4.10. The van der Waals surface area contributed by atoms with E-state index in [0.717, 1.165) is 5.69 Å². The molecule has 0 aliphatic carbocycles. The van der Waals surface area contributed by atoms with E-state index in [1.165, 1.54) is 5.56 Å². The highest BCUT2D eigenvalue weighted by Gasteiger charge is 2.07. The van der Waals surface area contributed by atoms with E-state index in [2.05, 4.69) is 38.0 Å². The van der Waals surface area contributed by atoms with Gasteiger partial charge in [0.1, 0.15) is 0 Å². The predicted molar refractivity (Wildman–Crippen MR) is 56.9 cm³/mol. The Morgan fingerprint density at radius 3 is 2.54 bits per heavy atom. The van der Waals surface area contributed by atoms with Crippen molar-refractivity contribution in [3.05, 3.63) is 24.0 Å². The fraction of sp³-hybridized carbons (Fsp3) is 0.545. The van der Waals surface area contributed by atoms with Gasteiger partial charge in [0.15, 0.2) is 0 Å². The average Bonchev–Trinajstić information content (AvgIpc) is 2.08. The highest BCUT2D eigenvalue weighted by molar-refractivity contribution is 5.48. The molecular formula is C11H18N2. The van der Waals surface area contributed by atoms with Gasteiger partial charge in [0.25, 0.3) is 0 Å². The molecule has 0 aliphatic heterocycles. The van der Waals surface area contributed by atoms with Gasteiger partial charge in [0, 0.05) is 12.2 Å². The van der Waals surface area contributed by atoms with Gasteiger partial charge in [0.2, 0.25) is 0 Å². The number of nitrogens with zero attached hydrogens (tertiary/aromatic N) is 1. The standard InChI is InChI=1S/C11H18N2/c1-8(2)10(4)13-11-7-12-6-5-9(11)3/h5-8,10,13H,1-4H3. The maximum absolute atomic E-state index is 4.10. The van der Waals surface area contributed by atoms with Crippen molar-refractivity contribution < 1.29 is 0 Å². The highest BCUT2D eigenvalue weighted by Crippen LogP contribution is 2.15. The Hall–Kier alpha value is -1.05. The molecule has 13 heavy (non-hydrogen) atoms. The predicted octanol–water partition coefficient (Wildman–Crippen LogP) is 2.85. The van der Waals surface area contributed by atoms with Gasteiger partial charge in [-0.2, -0.15) is 0 Å². The molecule has 1 unspecified atom stereocenters. The van der Waals surface area contributed by atoms with Crippen LogP contribution in [0.5, 0.6) is 0 Å². The third kappa shape index (κ3) is 2.72. The highest BCUT2D eigenvalue weighted by atomic mass is 14.9. The van der Waals surface area contributed by atoms with Gasteiger partial charge < -0.3 is 5.32 Å². The third-order valence-electron chi connectivity index (χ3n) is 2.42. The summed E-state index contributed by atoms with van der Waals surface area (Å²) in [5.74, 6) is 0.639. The first-order valence-electron chi connectivity index (χ1n) is 4.78. The molecule has 0 saturated carbocycles. The molecule has 1 aromatic rings. The van der Waals surface area contributed by atoms with Crippen molar-refractivity contribution in [3.63, 3.8) is 0 Å². The Bertz CT molecular complexity index is 269. The minimum absolute atomic E-state index is 0.489. The van der Waals surface area contributed by atoms with Crippen LogP contribution in [0.1, 0.15) is 26.3 Å². The molecule has 0 saturated heterocycles. The third-order valence-corrected chi connectivity index (χ3v) is 2.42. The van der Waals surface area contributed by atoms with Crippen molar-refractivity contribution in [2.45, 2.75) is 33.7 Å². The van der Waals surface area contributed by atoms with Crippen LogP contribution in [0.4, 0.5) is 5.69 Å². The van der Waals surface area contributed by atoms with Gasteiger partial charge in [-0.3, -0.25) is 4.98 Å². The van der Waals surface area contributed by atoms with E-state index in [9.17, 15) is 0 Å². The summed E-state index contributed by atoms with van der Waals surface area (Å²) >= 11 is 0. The molecule has 0 spiro atoms. The van der Waals surface area contributed by atoms with Crippen LogP contribution in [-0.4, -0.2) is 11.0 Å². The molecule has 0 bridgehead atoms. The normalized spacial score (nSPS) is 13.0. The largest absolute Gasteiger partial charge is 0.381 e. The van der Waals surface area contributed by atoms with Crippen LogP contribution in [-0.2, 0) is 0 Å². The van der Waals surface area contributed by atoms with E-state index >= 15 is 0 Å². The first-order chi connectivity index (χ1) is 6.11. The molecule has 2 nitrogen and oxygen atoms in total. The molecule has 0 fully saturated rings. The van der Waals surface area contributed by atoms with Crippen LogP contribution in [0.3, 0.4) is 0 Å². The Morgan fingerprint density at radius 1 is 1.31 bits per heavy atom. The lowest BCUT2D eigenvalue weighted by atomic mass is 10.1. The Kier molecular flexibility index (Phi) is 3.29. The quantitative estimate of drug-likeness (QED) is 0.769. The zero-order chi connectivity index (χ0) is 9.84. The van der Waals surface area contributed by atoms with E-state index in [1.807, 2.05) is 18.5 Å². The van der Waals surface area contributed by atoms with Crippen LogP contribution >= 0.6 is 0 Å². The lowest BCUT2D eigenvalue weighted by molar-refractivity contribution is 0.559. The number of aryl methyl sites for hydroxylation is 1. The monoisotopic (exact) mass is 178 g/mol. The molecule has 1 rings (SSSR count). The van der Waals surface area contributed by atoms with Crippen molar-refractivity contribution >= 4 is 5.69 Å². The number of aromatic nitrogens is 1. The Morgan fingerprint density at radius 2 is 2.00 bits per heavy atom. The average molecular weight is 178 g/mol. The molecular weight excluding hydrogens is 160 g/mol. The number of hydrogen-bond donors (Lipinski definition) is 1. The summed E-state index contributed by atoms with van der Waals surface area (Å²) in [5.41, 5.74) is 2.39. The van der Waals surface area contributed by atoms with Crippen molar-refractivity contribution in [2.24, 2.45) is 5.92 Å². The Labute approximate surface area is 80.4 Å². The van der Waals surface area contributed by atoms with Gasteiger partial charge in [-0.15, -0.1) is 0 Å². The summed E-state index contributed by atoms with van der Waals surface area (Å²) in [6, 6.07) is 2.51. The summed E-state index contributed by atoms with van der Waals surface area (Å²) in [6.07, 6.45) is 3.70. The van der Waals surface area contributed by atoms with Gasteiger partial charge in [-0.25, -0.2) is 0 Å². The van der Waals surface area contributed by atoms with Crippen molar-refractivity contribution in [2.75, 3.05) is 5.32 Å².